The van der Waals surface area contributed by atoms with E-state index in [1.165, 1.54) is 31.4 Å². The van der Waals surface area contributed by atoms with Gasteiger partial charge >= 0.3 is 0 Å². The third kappa shape index (κ3) is 4.37. The number of nitrogens with two attached hydrogens (primary N) is 1. The van der Waals surface area contributed by atoms with Crippen molar-refractivity contribution >= 4 is 29.0 Å². The SMILES string of the molecule is CC(Oc1cc(-c2cnn(C3CC4CCCC(C3)N4C)c2)cnc1N)c1c(Cl)ccc(F)c1Cl. The van der Waals surface area contributed by atoms with Gasteiger partial charge in [0.2, 0.25) is 0 Å². The van der Waals surface area contributed by atoms with Crippen LogP contribution in [0, 0.1) is 5.82 Å². The molecule has 0 amide bonds. The zero-order chi connectivity index (χ0) is 24.0. The highest BCUT2D eigenvalue weighted by Crippen LogP contribution is 2.39. The summed E-state index contributed by atoms with van der Waals surface area (Å²) >= 11 is 12.4. The first-order chi connectivity index (χ1) is 16.3. The maximum atomic E-state index is 14.0. The Bertz CT molecular complexity index is 1190. The molecule has 2 bridgehead atoms. The van der Waals surface area contributed by atoms with E-state index in [-0.39, 0.29) is 10.8 Å². The van der Waals surface area contributed by atoms with Gasteiger partial charge in [-0.05, 0) is 57.9 Å². The minimum absolute atomic E-state index is 0.0631. The van der Waals surface area contributed by atoms with Crippen LogP contribution in [-0.2, 0) is 0 Å². The molecule has 2 N–H and O–H groups in total. The molecule has 5 rings (SSSR count). The van der Waals surface area contributed by atoms with Crippen molar-refractivity contribution < 1.29 is 9.13 Å². The summed E-state index contributed by atoms with van der Waals surface area (Å²) in [7, 11) is 2.26. The van der Waals surface area contributed by atoms with Gasteiger partial charge in [-0.2, -0.15) is 5.10 Å². The molecule has 3 atom stereocenters. The van der Waals surface area contributed by atoms with Crippen molar-refractivity contribution in [2.45, 2.75) is 63.3 Å². The molecular weight excluding hydrogens is 476 g/mol. The Morgan fingerprint density at radius 3 is 2.59 bits per heavy atom. The maximum absolute atomic E-state index is 14.0. The standard InChI is InChI=1S/C25H28Cl2FN5O/c1-14(23-20(26)6-7-21(28)24(23)27)34-22-8-15(11-30-25(22)29)16-12-31-33(13-16)19-9-17-4-3-5-18(10-19)32(17)2/h6-8,11-14,17-19H,3-5,9-10H2,1-2H3,(H2,29,30). The lowest BCUT2D eigenvalue weighted by Crippen LogP contribution is -2.50. The van der Waals surface area contributed by atoms with E-state index >= 15 is 0 Å². The predicted molar refractivity (Wildman–Crippen MR) is 133 cm³/mol. The van der Waals surface area contributed by atoms with Crippen LogP contribution in [0.1, 0.15) is 56.7 Å². The molecule has 9 heteroatoms. The number of nitrogens with zero attached hydrogens (tertiary/aromatic N) is 4. The van der Waals surface area contributed by atoms with Gasteiger partial charge in [0.25, 0.3) is 0 Å². The van der Waals surface area contributed by atoms with Crippen LogP contribution < -0.4 is 10.5 Å². The summed E-state index contributed by atoms with van der Waals surface area (Å²) in [5.74, 6) is 0.0552. The van der Waals surface area contributed by atoms with Gasteiger partial charge < -0.3 is 15.4 Å². The normalized spacial score (nSPS) is 23.6. The second-order valence-electron chi connectivity index (χ2n) is 9.36. The van der Waals surface area contributed by atoms with E-state index in [2.05, 4.69) is 32.9 Å². The van der Waals surface area contributed by atoms with Gasteiger partial charge in [0.05, 0.1) is 17.3 Å². The summed E-state index contributed by atoms with van der Waals surface area (Å²) in [6, 6.07) is 6.17. The molecule has 0 saturated carbocycles. The topological polar surface area (TPSA) is 69.2 Å². The summed E-state index contributed by atoms with van der Waals surface area (Å²) in [6.07, 6.45) is 11.1. The summed E-state index contributed by atoms with van der Waals surface area (Å²) in [6.45, 7) is 1.74. The smallest absolute Gasteiger partial charge is 0.166 e. The van der Waals surface area contributed by atoms with Gasteiger partial charge in [-0.25, -0.2) is 9.37 Å². The largest absolute Gasteiger partial charge is 0.482 e. The third-order valence-corrected chi connectivity index (χ3v) is 8.01. The van der Waals surface area contributed by atoms with E-state index in [1.54, 1.807) is 13.1 Å². The zero-order valence-corrected chi connectivity index (χ0v) is 20.7. The Morgan fingerprint density at radius 1 is 1.12 bits per heavy atom. The minimum atomic E-state index is -0.628. The molecule has 4 heterocycles. The van der Waals surface area contributed by atoms with Crippen molar-refractivity contribution in [2.24, 2.45) is 0 Å². The van der Waals surface area contributed by atoms with Crippen LogP contribution in [0.4, 0.5) is 10.2 Å². The van der Waals surface area contributed by atoms with Crippen LogP contribution in [-0.4, -0.2) is 38.8 Å². The van der Waals surface area contributed by atoms with Gasteiger partial charge in [-0.1, -0.05) is 29.6 Å². The zero-order valence-electron chi connectivity index (χ0n) is 19.2. The van der Waals surface area contributed by atoms with E-state index in [9.17, 15) is 4.39 Å². The van der Waals surface area contributed by atoms with Gasteiger partial charge in [-0.3, -0.25) is 4.68 Å². The molecule has 2 saturated heterocycles. The molecule has 34 heavy (non-hydrogen) atoms. The predicted octanol–water partition coefficient (Wildman–Crippen LogP) is 6.30. The minimum Gasteiger partial charge on any atom is -0.482 e. The first-order valence-corrected chi connectivity index (χ1v) is 12.4. The number of hydrogen-bond donors (Lipinski definition) is 1. The summed E-state index contributed by atoms with van der Waals surface area (Å²) in [4.78, 5) is 6.86. The van der Waals surface area contributed by atoms with Crippen LogP contribution in [0.2, 0.25) is 10.0 Å². The van der Waals surface area contributed by atoms with Crippen LogP contribution >= 0.6 is 23.2 Å². The molecule has 3 aromatic rings. The molecule has 0 radical (unpaired) electrons. The Kier molecular flexibility index (Phi) is 6.44. The number of nitrogen functional groups attached to an aromatic ring is 1. The molecule has 3 unspecified atom stereocenters. The van der Waals surface area contributed by atoms with Crippen LogP contribution in [0.3, 0.4) is 0 Å². The number of hydrogen-bond acceptors (Lipinski definition) is 5. The van der Waals surface area contributed by atoms with Gasteiger partial charge in [0, 0.05) is 46.2 Å². The van der Waals surface area contributed by atoms with Crippen LogP contribution in [0.5, 0.6) is 5.75 Å². The Labute approximate surface area is 208 Å². The van der Waals surface area contributed by atoms with E-state index in [1.807, 2.05) is 12.3 Å². The number of aromatic nitrogens is 3. The first kappa shape index (κ1) is 23.4. The highest BCUT2D eigenvalue weighted by atomic mass is 35.5. The molecule has 2 aliphatic heterocycles. The number of pyridine rings is 1. The third-order valence-electron chi connectivity index (χ3n) is 7.30. The Hall–Kier alpha value is -2.35. The Morgan fingerprint density at radius 2 is 1.85 bits per heavy atom. The number of ether oxygens (including phenoxy) is 1. The number of anilines is 1. The fourth-order valence-corrected chi connectivity index (χ4v) is 6.04. The number of rotatable bonds is 5. The molecule has 6 nitrogen and oxygen atoms in total. The maximum Gasteiger partial charge on any atom is 0.166 e. The van der Waals surface area contributed by atoms with Crippen molar-refractivity contribution in [3.8, 4) is 16.9 Å². The molecule has 0 spiro atoms. The van der Waals surface area contributed by atoms with Crippen LogP contribution in [0.15, 0.2) is 36.8 Å². The number of piperidine rings is 2. The number of fused-ring (bicyclic) bond motifs is 2. The number of halogens is 3. The van der Waals surface area contributed by atoms with E-state index in [0.29, 0.717) is 34.5 Å². The summed E-state index contributed by atoms with van der Waals surface area (Å²) in [5, 5.41) is 4.95. The lowest BCUT2D eigenvalue weighted by molar-refractivity contribution is 0.0369. The van der Waals surface area contributed by atoms with Gasteiger partial charge in [-0.15, -0.1) is 0 Å². The van der Waals surface area contributed by atoms with Gasteiger partial charge in [0.1, 0.15) is 11.9 Å². The molecule has 2 fully saturated rings. The average Bonchev–Trinajstić information content (AvgIpc) is 3.28. The first-order valence-electron chi connectivity index (χ1n) is 11.6. The second kappa shape index (κ2) is 9.36. The highest BCUT2D eigenvalue weighted by Gasteiger charge is 2.37. The van der Waals surface area contributed by atoms with E-state index in [4.69, 9.17) is 33.7 Å². The lowest BCUT2D eigenvalue weighted by Gasteiger charge is -2.47. The fraction of sp³-hybridized carbons (Fsp3) is 0.440. The lowest BCUT2D eigenvalue weighted by atomic mass is 9.82. The highest BCUT2D eigenvalue weighted by molar-refractivity contribution is 6.36. The van der Waals surface area contributed by atoms with Crippen molar-refractivity contribution in [3.05, 3.63) is 58.2 Å². The van der Waals surface area contributed by atoms with E-state index < -0.39 is 11.9 Å². The number of benzene rings is 1. The molecule has 2 aromatic heterocycles. The van der Waals surface area contributed by atoms with Crippen molar-refractivity contribution in [2.75, 3.05) is 12.8 Å². The van der Waals surface area contributed by atoms with Gasteiger partial charge in [0.15, 0.2) is 11.6 Å². The molecular formula is C25H28Cl2FN5O. The van der Waals surface area contributed by atoms with E-state index in [0.717, 1.165) is 24.0 Å². The average molecular weight is 504 g/mol. The summed E-state index contributed by atoms with van der Waals surface area (Å²) < 4.78 is 22.1. The van der Waals surface area contributed by atoms with Crippen molar-refractivity contribution in [1.82, 2.24) is 19.7 Å². The van der Waals surface area contributed by atoms with Crippen LogP contribution in [0.25, 0.3) is 11.1 Å². The monoisotopic (exact) mass is 503 g/mol. The Balaban J connectivity index is 1.37. The van der Waals surface area contributed by atoms with Crippen molar-refractivity contribution in [3.63, 3.8) is 0 Å². The molecule has 0 aliphatic carbocycles. The fourth-order valence-electron chi connectivity index (χ4n) is 5.36. The quantitative estimate of drug-likeness (QED) is 0.413. The molecule has 2 aliphatic rings. The molecule has 180 valence electrons. The van der Waals surface area contributed by atoms with Crippen molar-refractivity contribution in [1.29, 1.82) is 0 Å². The molecule has 1 aromatic carbocycles. The second-order valence-corrected chi connectivity index (χ2v) is 10.1. The summed E-state index contributed by atoms with van der Waals surface area (Å²) in [5.41, 5.74) is 8.24.